The van der Waals surface area contributed by atoms with E-state index in [2.05, 4.69) is 91.9 Å². The second kappa shape index (κ2) is 7.08. The third-order valence-corrected chi connectivity index (χ3v) is 9.06. The SMILES string of the molecule is CC[P+](c1ccccc1)(c1ccccc1)c1ccccc1CN. The minimum Gasteiger partial charge on any atom is -0.326 e. The van der Waals surface area contributed by atoms with Crippen LogP contribution in [0.15, 0.2) is 84.9 Å². The van der Waals surface area contributed by atoms with Gasteiger partial charge in [-0.25, -0.2) is 0 Å². The van der Waals surface area contributed by atoms with E-state index in [0.717, 1.165) is 6.16 Å². The van der Waals surface area contributed by atoms with Crippen LogP contribution in [0.2, 0.25) is 0 Å². The van der Waals surface area contributed by atoms with E-state index in [1.807, 2.05) is 0 Å². The van der Waals surface area contributed by atoms with Crippen LogP contribution in [0.4, 0.5) is 0 Å². The molecule has 0 unspecified atom stereocenters. The molecule has 0 aliphatic heterocycles. The fourth-order valence-electron chi connectivity index (χ4n) is 3.38. The quantitative estimate of drug-likeness (QED) is 0.716. The van der Waals surface area contributed by atoms with Gasteiger partial charge in [0, 0.05) is 12.1 Å². The lowest BCUT2D eigenvalue weighted by molar-refractivity contribution is 1.08. The predicted octanol–water partition coefficient (Wildman–Crippen LogP) is 3.46. The number of hydrogen-bond acceptors (Lipinski definition) is 1. The highest BCUT2D eigenvalue weighted by Gasteiger charge is 2.44. The van der Waals surface area contributed by atoms with Crippen molar-refractivity contribution in [3.63, 3.8) is 0 Å². The minimum atomic E-state index is -1.67. The summed E-state index contributed by atoms with van der Waals surface area (Å²) in [6, 6.07) is 30.6. The molecule has 3 aromatic rings. The van der Waals surface area contributed by atoms with Gasteiger partial charge in [0.1, 0.15) is 23.2 Å². The van der Waals surface area contributed by atoms with Gasteiger partial charge in [-0.15, -0.1) is 0 Å². The summed E-state index contributed by atoms with van der Waals surface area (Å²) >= 11 is 0. The highest BCUT2D eigenvalue weighted by atomic mass is 31.2. The summed E-state index contributed by atoms with van der Waals surface area (Å²) in [6.45, 7) is 2.89. The molecule has 2 heteroatoms. The van der Waals surface area contributed by atoms with Gasteiger partial charge in [-0.2, -0.15) is 0 Å². The second-order valence-corrected chi connectivity index (χ2v) is 9.40. The van der Waals surface area contributed by atoms with Gasteiger partial charge in [-0.05, 0) is 37.3 Å². The minimum absolute atomic E-state index is 0.581. The van der Waals surface area contributed by atoms with E-state index in [-0.39, 0.29) is 0 Å². The first kappa shape index (κ1) is 15.9. The van der Waals surface area contributed by atoms with E-state index in [1.165, 1.54) is 21.5 Å². The molecule has 2 N–H and O–H groups in total. The average Bonchev–Trinajstić information content (AvgIpc) is 2.65. The average molecular weight is 320 g/mol. The molecule has 3 aromatic carbocycles. The van der Waals surface area contributed by atoms with E-state index < -0.39 is 7.26 Å². The summed E-state index contributed by atoms with van der Waals surface area (Å²) in [7, 11) is -1.67. The molecule has 0 fully saturated rings. The molecule has 0 saturated heterocycles. The largest absolute Gasteiger partial charge is 0.326 e. The molecule has 0 aromatic heterocycles. The molecule has 0 saturated carbocycles. The van der Waals surface area contributed by atoms with Gasteiger partial charge in [-0.1, -0.05) is 54.6 Å². The Balaban J connectivity index is 2.34. The maximum Gasteiger partial charge on any atom is 0.112 e. The van der Waals surface area contributed by atoms with Crippen LogP contribution < -0.4 is 21.6 Å². The number of hydrogen-bond donors (Lipinski definition) is 1. The molecule has 0 radical (unpaired) electrons. The Morgan fingerprint density at radius 2 is 1.17 bits per heavy atom. The summed E-state index contributed by atoms with van der Waals surface area (Å²) in [5, 5.41) is 4.27. The number of nitrogens with two attached hydrogens (primary N) is 1. The summed E-state index contributed by atoms with van der Waals surface area (Å²) in [6.07, 6.45) is 1.10. The van der Waals surface area contributed by atoms with Crippen molar-refractivity contribution in [3.05, 3.63) is 90.5 Å². The zero-order valence-corrected chi connectivity index (χ0v) is 14.4. The zero-order valence-electron chi connectivity index (χ0n) is 13.5. The summed E-state index contributed by atoms with van der Waals surface area (Å²) < 4.78 is 0. The van der Waals surface area contributed by atoms with E-state index >= 15 is 0 Å². The molecular weight excluding hydrogens is 297 g/mol. The first-order chi connectivity index (χ1) is 11.3. The van der Waals surface area contributed by atoms with E-state index in [0.29, 0.717) is 6.54 Å². The standard InChI is InChI=1S/C21H23NP/c1-2-23(19-12-5-3-6-13-19,20-14-7-4-8-15-20)21-16-10-9-11-18(21)17-22/h3-16H,2,17,22H2,1H3/q+1. The lowest BCUT2D eigenvalue weighted by Crippen LogP contribution is -2.35. The lowest BCUT2D eigenvalue weighted by atomic mass is 10.2. The molecule has 0 spiro atoms. The molecule has 0 amide bonds. The van der Waals surface area contributed by atoms with Crippen LogP contribution in [0.5, 0.6) is 0 Å². The van der Waals surface area contributed by atoms with E-state index in [4.69, 9.17) is 5.73 Å². The van der Waals surface area contributed by atoms with Crippen LogP contribution >= 0.6 is 7.26 Å². The van der Waals surface area contributed by atoms with Gasteiger partial charge in [0.05, 0.1) is 6.16 Å². The predicted molar refractivity (Wildman–Crippen MR) is 104 cm³/mol. The molecule has 23 heavy (non-hydrogen) atoms. The van der Waals surface area contributed by atoms with Gasteiger partial charge in [-0.3, -0.25) is 0 Å². The molecule has 3 rings (SSSR count). The lowest BCUT2D eigenvalue weighted by Gasteiger charge is -2.28. The van der Waals surface area contributed by atoms with Crippen LogP contribution in [-0.2, 0) is 6.54 Å². The van der Waals surface area contributed by atoms with Crippen LogP contribution in [0.25, 0.3) is 0 Å². The Hall–Kier alpha value is -1.95. The van der Waals surface area contributed by atoms with E-state index in [9.17, 15) is 0 Å². The van der Waals surface area contributed by atoms with Gasteiger partial charge >= 0.3 is 0 Å². The first-order valence-electron chi connectivity index (χ1n) is 8.10. The Labute approximate surface area is 139 Å². The van der Waals surface area contributed by atoms with Crippen molar-refractivity contribution in [1.29, 1.82) is 0 Å². The molecule has 116 valence electrons. The Morgan fingerprint density at radius 1 is 0.696 bits per heavy atom. The van der Waals surface area contributed by atoms with Gasteiger partial charge in [0.15, 0.2) is 0 Å². The highest BCUT2D eigenvalue weighted by Crippen LogP contribution is 2.55. The second-order valence-electron chi connectivity index (χ2n) is 5.63. The van der Waals surface area contributed by atoms with Crippen LogP contribution in [-0.4, -0.2) is 6.16 Å². The third kappa shape index (κ3) is 2.83. The molecule has 0 bridgehead atoms. The van der Waals surface area contributed by atoms with Crippen molar-refractivity contribution < 1.29 is 0 Å². The Bertz CT molecular complexity index is 714. The highest BCUT2D eigenvalue weighted by molar-refractivity contribution is 7.95. The Kier molecular flexibility index (Phi) is 4.91. The van der Waals surface area contributed by atoms with Crippen molar-refractivity contribution >= 4 is 23.2 Å². The van der Waals surface area contributed by atoms with Gasteiger partial charge in [0.2, 0.25) is 0 Å². The van der Waals surface area contributed by atoms with Crippen LogP contribution in [0.3, 0.4) is 0 Å². The molecular formula is C21H23NP+. The van der Waals surface area contributed by atoms with Crippen molar-refractivity contribution in [1.82, 2.24) is 0 Å². The number of rotatable bonds is 5. The molecule has 0 atom stereocenters. The van der Waals surface area contributed by atoms with Crippen molar-refractivity contribution in [3.8, 4) is 0 Å². The molecule has 1 nitrogen and oxygen atoms in total. The zero-order chi connectivity index (χ0) is 16.1. The topological polar surface area (TPSA) is 26.0 Å². The molecule has 0 aliphatic carbocycles. The number of benzene rings is 3. The van der Waals surface area contributed by atoms with Crippen molar-refractivity contribution in [2.45, 2.75) is 13.5 Å². The van der Waals surface area contributed by atoms with Crippen LogP contribution in [0, 0.1) is 0 Å². The fraction of sp³-hybridized carbons (Fsp3) is 0.143. The maximum absolute atomic E-state index is 6.08. The van der Waals surface area contributed by atoms with Gasteiger partial charge < -0.3 is 5.73 Å². The Morgan fingerprint density at radius 3 is 1.65 bits per heavy atom. The van der Waals surface area contributed by atoms with Crippen LogP contribution in [0.1, 0.15) is 12.5 Å². The fourth-order valence-corrected chi connectivity index (χ4v) is 7.67. The third-order valence-electron chi connectivity index (χ3n) is 4.49. The van der Waals surface area contributed by atoms with Crippen molar-refractivity contribution in [2.75, 3.05) is 6.16 Å². The summed E-state index contributed by atoms with van der Waals surface area (Å²) in [4.78, 5) is 0. The first-order valence-corrected chi connectivity index (χ1v) is 10.1. The summed E-state index contributed by atoms with van der Waals surface area (Å²) in [5.41, 5.74) is 7.34. The summed E-state index contributed by atoms with van der Waals surface area (Å²) in [5.74, 6) is 0. The molecule has 0 aliphatic rings. The van der Waals surface area contributed by atoms with E-state index in [1.54, 1.807) is 0 Å². The van der Waals surface area contributed by atoms with Crippen molar-refractivity contribution in [2.24, 2.45) is 5.73 Å². The maximum atomic E-state index is 6.08. The molecule has 0 heterocycles. The normalized spacial score (nSPS) is 11.4. The monoisotopic (exact) mass is 320 g/mol. The van der Waals surface area contributed by atoms with Gasteiger partial charge in [0.25, 0.3) is 0 Å². The smallest absolute Gasteiger partial charge is 0.112 e.